The summed E-state index contributed by atoms with van der Waals surface area (Å²) in [6, 6.07) is 5.21. The molecule has 0 bridgehead atoms. The van der Waals surface area contributed by atoms with E-state index in [1.54, 1.807) is 12.1 Å². The van der Waals surface area contributed by atoms with Crippen LogP contribution in [0.25, 0.3) is 0 Å². The van der Waals surface area contributed by atoms with Gasteiger partial charge in [-0.05, 0) is 29.9 Å². The van der Waals surface area contributed by atoms with Gasteiger partial charge in [0.05, 0.1) is 4.92 Å². The third-order valence-corrected chi connectivity index (χ3v) is 3.90. The van der Waals surface area contributed by atoms with Crippen LogP contribution >= 0.6 is 11.6 Å². The second kappa shape index (κ2) is 5.14. The summed E-state index contributed by atoms with van der Waals surface area (Å²) in [7, 11) is 1.91. The molecule has 2 rings (SSSR count). The first kappa shape index (κ1) is 13.1. The molecule has 18 heavy (non-hydrogen) atoms. The van der Waals surface area contributed by atoms with Crippen LogP contribution < -0.4 is 4.90 Å². The number of halogens is 1. The lowest BCUT2D eigenvalue weighted by molar-refractivity contribution is -0.384. The van der Waals surface area contributed by atoms with E-state index in [0.717, 1.165) is 18.0 Å². The van der Waals surface area contributed by atoms with E-state index in [-0.39, 0.29) is 10.6 Å². The molecule has 1 aliphatic rings. The minimum atomic E-state index is -0.335. The van der Waals surface area contributed by atoms with Gasteiger partial charge >= 0.3 is 0 Å². The minimum Gasteiger partial charge on any atom is -0.369 e. The Morgan fingerprint density at radius 2 is 2.22 bits per heavy atom. The van der Waals surface area contributed by atoms with Crippen molar-refractivity contribution in [3.05, 3.63) is 33.9 Å². The van der Waals surface area contributed by atoms with Gasteiger partial charge < -0.3 is 4.90 Å². The van der Waals surface area contributed by atoms with Gasteiger partial charge in [0.25, 0.3) is 5.69 Å². The molecule has 1 aromatic carbocycles. The van der Waals surface area contributed by atoms with Crippen molar-refractivity contribution in [2.75, 3.05) is 18.5 Å². The summed E-state index contributed by atoms with van der Waals surface area (Å²) in [6.45, 7) is 3.09. The van der Waals surface area contributed by atoms with Gasteiger partial charge in [-0.2, -0.15) is 0 Å². The van der Waals surface area contributed by atoms with Gasteiger partial charge in [0.2, 0.25) is 0 Å². The molecule has 1 saturated carbocycles. The summed E-state index contributed by atoms with van der Waals surface area (Å²) >= 11 is 5.71. The first-order valence-corrected chi connectivity index (χ1v) is 6.60. The van der Waals surface area contributed by atoms with Crippen LogP contribution in [-0.4, -0.2) is 18.5 Å². The summed E-state index contributed by atoms with van der Waals surface area (Å²) in [6.07, 6.45) is 1.22. The van der Waals surface area contributed by atoms with Crippen molar-refractivity contribution in [3.8, 4) is 0 Å². The molecule has 1 fully saturated rings. The van der Waals surface area contributed by atoms with Gasteiger partial charge in [-0.15, -0.1) is 11.6 Å². The van der Waals surface area contributed by atoms with Crippen LogP contribution in [0.3, 0.4) is 0 Å². The molecule has 5 heteroatoms. The number of hydrogen-bond donors (Lipinski definition) is 0. The lowest BCUT2D eigenvalue weighted by Crippen LogP contribution is -2.21. The van der Waals surface area contributed by atoms with Gasteiger partial charge in [0.1, 0.15) is 5.69 Å². The van der Waals surface area contributed by atoms with E-state index in [4.69, 9.17) is 11.6 Å². The molecule has 0 N–H and O–H groups in total. The van der Waals surface area contributed by atoms with Crippen molar-refractivity contribution < 1.29 is 4.92 Å². The Bertz CT molecular complexity index is 464. The quantitative estimate of drug-likeness (QED) is 0.467. The van der Waals surface area contributed by atoms with E-state index < -0.39 is 0 Å². The number of rotatable bonds is 5. The Kier molecular flexibility index (Phi) is 3.76. The van der Waals surface area contributed by atoms with E-state index in [1.807, 2.05) is 18.0 Å². The number of anilines is 1. The lowest BCUT2D eigenvalue weighted by atomic mass is 10.1. The molecule has 0 spiro atoms. The highest BCUT2D eigenvalue weighted by Gasteiger charge is 2.34. The number of benzene rings is 1. The fourth-order valence-corrected chi connectivity index (χ4v) is 2.39. The maximum Gasteiger partial charge on any atom is 0.292 e. The molecule has 98 valence electrons. The molecule has 2 unspecified atom stereocenters. The summed E-state index contributed by atoms with van der Waals surface area (Å²) < 4.78 is 0. The number of alkyl halides is 1. The van der Waals surface area contributed by atoms with Crippen LogP contribution in [-0.2, 0) is 5.88 Å². The number of hydrogen-bond acceptors (Lipinski definition) is 3. The largest absolute Gasteiger partial charge is 0.369 e. The standard InChI is InChI=1S/C13H17ClN2O2/c1-9-5-11(9)8-15(2)12-4-3-10(7-14)6-13(12)16(17)18/h3-4,6,9,11H,5,7-8H2,1-2H3. The average Bonchev–Trinajstić information content (AvgIpc) is 3.03. The van der Waals surface area contributed by atoms with Crippen molar-refractivity contribution in [2.45, 2.75) is 19.2 Å². The Morgan fingerprint density at radius 3 is 2.72 bits per heavy atom. The lowest BCUT2D eigenvalue weighted by Gasteiger charge is -2.19. The van der Waals surface area contributed by atoms with Crippen LogP contribution in [0.2, 0.25) is 0 Å². The highest BCUT2D eigenvalue weighted by molar-refractivity contribution is 6.17. The molecule has 0 radical (unpaired) electrons. The molecule has 4 nitrogen and oxygen atoms in total. The van der Waals surface area contributed by atoms with Crippen LogP contribution in [0.15, 0.2) is 18.2 Å². The number of nitro benzene ring substituents is 1. The molecule has 0 saturated heterocycles. The Labute approximate surface area is 112 Å². The van der Waals surface area contributed by atoms with Gasteiger partial charge in [0, 0.05) is 25.5 Å². The Balaban J connectivity index is 2.22. The normalized spacial score (nSPS) is 21.7. The van der Waals surface area contributed by atoms with Gasteiger partial charge in [-0.25, -0.2) is 0 Å². The molecule has 0 amide bonds. The zero-order chi connectivity index (χ0) is 13.3. The van der Waals surface area contributed by atoms with E-state index in [2.05, 4.69) is 6.92 Å². The summed E-state index contributed by atoms with van der Waals surface area (Å²) in [4.78, 5) is 12.7. The van der Waals surface area contributed by atoms with Gasteiger partial charge in [0.15, 0.2) is 0 Å². The number of nitrogens with zero attached hydrogens (tertiary/aromatic N) is 2. The van der Waals surface area contributed by atoms with E-state index in [0.29, 0.717) is 17.5 Å². The first-order valence-electron chi connectivity index (χ1n) is 6.07. The van der Waals surface area contributed by atoms with E-state index in [9.17, 15) is 10.1 Å². The fourth-order valence-electron chi connectivity index (χ4n) is 2.22. The van der Waals surface area contributed by atoms with Gasteiger partial charge in [-0.3, -0.25) is 10.1 Å². The van der Waals surface area contributed by atoms with Crippen LogP contribution in [0, 0.1) is 22.0 Å². The summed E-state index contributed by atoms with van der Waals surface area (Å²) in [5.41, 5.74) is 1.59. The smallest absolute Gasteiger partial charge is 0.292 e. The predicted molar refractivity (Wildman–Crippen MR) is 73.2 cm³/mol. The van der Waals surface area contributed by atoms with Crippen molar-refractivity contribution >= 4 is 23.0 Å². The maximum absolute atomic E-state index is 11.1. The van der Waals surface area contributed by atoms with Crippen LogP contribution in [0.4, 0.5) is 11.4 Å². The third-order valence-electron chi connectivity index (χ3n) is 3.59. The SMILES string of the molecule is CC1CC1CN(C)c1ccc(CCl)cc1[N+](=O)[O-]. The molecule has 0 aromatic heterocycles. The summed E-state index contributed by atoms with van der Waals surface area (Å²) in [5.74, 6) is 1.71. The van der Waals surface area contributed by atoms with Crippen molar-refractivity contribution in [1.82, 2.24) is 0 Å². The van der Waals surface area contributed by atoms with E-state index >= 15 is 0 Å². The highest BCUT2D eigenvalue weighted by Crippen LogP contribution is 2.40. The third kappa shape index (κ3) is 2.75. The monoisotopic (exact) mass is 268 g/mol. The second-order valence-corrected chi connectivity index (χ2v) is 5.33. The van der Waals surface area contributed by atoms with Crippen LogP contribution in [0.5, 0.6) is 0 Å². The topological polar surface area (TPSA) is 46.4 Å². The van der Waals surface area contributed by atoms with Crippen molar-refractivity contribution in [1.29, 1.82) is 0 Å². The Hall–Kier alpha value is -1.29. The highest BCUT2D eigenvalue weighted by atomic mass is 35.5. The van der Waals surface area contributed by atoms with Crippen LogP contribution in [0.1, 0.15) is 18.9 Å². The second-order valence-electron chi connectivity index (χ2n) is 5.07. The van der Waals surface area contributed by atoms with E-state index in [1.165, 1.54) is 6.42 Å². The van der Waals surface area contributed by atoms with Crippen molar-refractivity contribution in [2.24, 2.45) is 11.8 Å². The molecule has 1 aliphatic carbocycles. The summed E-state index contributed by atoms with van der Waals surface area (Å²) in [5, 5.41) is 11.1. The maximum atomic E-state index is 11.1. The molecule has 0 heterocycles. The average molecular weight is 269 g/mol. The molecular weight excluding hydrogens is 252 g/mol. The number of nitro groups is 1. The van der Waals surface area contributed by atoms with Crippen molar-refractivity contribution in [3.63, 3.8) is 0 Å². The minimum absolute atomic E-state index is 0.143. The fraction of sp³-hybridized carbons (Fsp3) is 0.538. The first-order chi connectivity index (χ1) is 8.52. The zero-order valence-corrected chi connectivity index (χ0v) is 11.4. The van der Waals surface area contributed by atoms with Gasteiger partial charge in [-0.1, -0.05) is 13.0 Å². The molecule has 0 aliphatic heterocycles. The molecular formula is C13H17ClN2O2. The predicted octanol–water partition coefficient (Wildman–Crippen LogP) is 3.43. The Morgan fingerprint density at radius 1 is 1.56 bits per heavy atom. The zero-order valence-electron chi connectivity index (χ0n) is 10.6. The molecule has 1 aromatic rings. The molecule has 2 atom stereocenters.